The molecule has 0 aromatic heterocycles. The Balaban J connectivity index is 3.77. The highest BCUT2D eigenvalue weighted by Crippen LogP contribution is 2.20. The third kappa shape index (κ3) is 5.40. The van der Waals surface area contributed by atoms with E-state index < -0.39 is 0 Å². The second kappa shape index (κ2) is 7.39. The fourth-order valence-corrected chi connectivity index (χ4v) is 1.62. The van der Waals surface area contributed by atoms with Gasteiger partial charge in [0.1, 0.15) is 0 Å². The number of hydrogen-bond acceptors (Lipinski definition) is 0. The van der Waals surface area contributed by atoms with Crippen molar-refractivity contribution in [1.29, 1.82) is 0 Å². The highest BCUT2D eigenvalue weighted by Gasteiger charge is 2.07. The van der Waals surface area contributed by atoms with Crippen LogP contribution in [0.25, 0.3) is 0 Å². The first-order valence-corrected chi connectivity index (χ1v) is 5.37. The van der Waals surface area contributed by atoms with Crippen LogP contribution in [-0.2, 0) is 0 Å². The molecule has 0 nitrogen and oxygen atoms in total. The van der Waals surface area contributed by atoms with E-state index in [0.717, 1.165) is 11.8 Å². The molecule has 0 spiro atoms. The zero-order chi connectivity index (χ0) is 9.40. The van der Waals surface area contributed by atoms with Gasteiger partial charge in [-0.1, -0.05) is 45.8 Å². The minimum Gasteiger partial charge on any atom is -0.0914 e. The zero-order valence-electron chi connectivity index (χ0n) is 9.14. The van der Waals surface area contributed by atoms with Gasteiger partial charge in [-0.05, 0) is 31.6 Å². The molecule has 0 rings (SSSR count). The van der Waals surface area contributed by atoms with Gasteiger partial charge in [-0.15, -0.1) is 0 Å². The van der Waals surface area contributed by atoms with Crippen molar-refractivity contribution in [2.24, 2.45) is 11.8 Å². The highest BCUT2D eigenvalue weighted by molar-refractivity contribution is 4.85. The normalized spacial score (nSPS) is 16.7. The van der Waals surface area contributed by atoms with Gasteiger partial charge in [-0.3, -0.25) is 0 Å². The third-order valence-electron chi connectivity index (χ3n) is 2.53. The SMILES string of the molecule is CC=CC(CCC)CC(C)CC. The van der Waals surface area contributed by atoms with E-state index in [9.17, 15) is 0 Å². The van der Waals surface area contributed by atoms with Gasteiger partial charge in [0, 0.05) is 0 Å². The van der Waals surface area contributed by atoms with Crippen LogP contribution in [-0.4, -0.2) is 0 Å². The fourth-order valence-electron chi connectivity index (χ4n) is 1.62. The zero-order valence-corrected chi connectivity index (χ0v) is 9.14. The summed E-state index contributed by atoms with van der Waals surface area (Å²) in [7, 11) is 0. The van der Waals surface area contributed by atoms with E-state index >= 15 is 0 Å². The van der Waals surface area contributed by atoms with Crippen LogP contribution in [0, 0.1) is 11.8 Å². The third-order valence-corrected chi connectivity index (χ3v) is 2.53. The molecule has 0 amide bonds. The molecular weight excluding hydrogens is 144 g/mol. The maximum atomic E-state index is 2.37. The van der Waals surface area contributed by atoms with Crippen molar-refractivity contribution in [1.82, 2.24) is 0 Å². The lowest BCUT2D eigenvalue weighted by Crippen LogP contribution is -2.03. The van der Waals surface area contributed by atoms with Crippen molar-refractivity contribution in [3.05, 3.63) is 12.2 Å². The van der Waals surface area contributed by atoms with Crippen LogP contribution in [0.4, 0.5) is 0 Å². The lowest BCUT2D eigenvalue weighted by Gasteiger charge is -2.15. The van der Waals surface area contributed by atoms with Gasteiger partial charge in [0.25, 0.3) is 0 Å². The molecule has 0 saturated carbocycles. The largest absolute Gasteiger partial charge is 0.0914 e. The molecule has 0 bridgehead atoms. The Kier molecular flexibility index (Phi) is 7.23. The molecule has 0 aromatic rings. The van der Waals surface area contributed by atoms with Crippen molar-refractivity contribution < 1.29 is 0 Å². The van der Waals surface area contributed by atoms with E-state index in [1.807, 2.05) is 0 Å². The second-order valence-electron chi connectivity index (χ2n) is 3.82. The highest BCUT2D eigenvalue weighted by atomic mass is 14.1. The molecule has 0 radical (unpaired) electrons. The lowest BCUT2D eigenvalue weighted by atomic mass is 9.90. The summed E-state index contributed by atoms with van der Waals surface area (Å²) in [4.78, 5) is 0. The molecule has 72 valence electrons. The standard InChI is InChI=1S/C12H24/c1-5-8-12(9-6-2)10-11(4)7-3/h5,8,11-12H,6-7,9-10H2,1-4H3. The first kappa shape index (κ1) is 11.7. The molecule has 0 N–H and O–H groups in total. The van der Waals surface area contributed by atoms with Crippen LogP contribution in [0.5, 0.6) is 0 Å². The van der Waals surface area contributed by atoms with Crippen LogP contribution >= 0.6 is 0 Å². The van der Waals surface area contributed by atoms with Crippen LogP contribution < -0.4 is 0 Å². The molecule has 0 fully saturated rings. The van der Waals surface area contributed by atoms with Crippen molar-refractivity contribution >= 4 is 0 Å². The van der Waals surface area contributed by atoms with E-state index in [1.165, 1.54) is 25.7 Å². The molecule has 0 aliphatic heterocycles. The lowest BCUT2D eigenvalue weighted by molar-refractivity contribution is 0.414. The van der Waals surface area contributed by atoms with Crippen LogP contribution in [0.3, 0.4) is 0 Å². The van der Waals surface area contributed by atoms with Gasteiger partial charge in [-0.25, -0.2) is 0 Å². The van der Waals surface area contributed by atoms with Crippen LogP contribution in [0.1, 0.15) is 53.4 Å². The van der Waals surface area contributed by atoms with Gasteiger partial charge in [0.15, 0.2) is 0 Å². The molecule has 0 heterocycles. The Hall–Kier alpha value is -0.260. The molecular formula is C12H24. The van der Waals surface area contributed by atoms with E-state index in [0.29, 0.717) is 0 Å². The van der Waals surface area contributed by atoms with Gasteiger partial charge in [-0.2, -0.15) is 0 Å². The Morgan fingerprint density at radius 1 is 1.25 bits per heavy atom. The fraction of sp³-hybridized carbons (Fsp3) is 0.833. The van der Waals surface area contributed by atoms with Gasteiger partial charge < -0.3 is 0 Å². The van der Waals surface area contributed by atoms with E-state index in [-0.39, 0.29) is 0 Å². The van der Waals surface area contributed by atoms with Crippen LogP contribution in [0.2, 0.25) is 0 Å². The minimum absolute atomic E-state index is 0.829. The van der Waals surface area contributed by atoms with Gasteiger partial charge >= 0.3 is 0 Å². The quantitative estimate of drug-likeness (QED) is 0.515. The molecule has 0 saturated heterocycles. The molecule has 12 heavy (non-hydrogen) atoms. The number of hydrogen-bond donors (Lipinski definition) is 0. The average molecular weight is 168 g/mol. The summed E-state index contributed by atoms with van der Waals surface area (Å²) in [6, 6.07) is 0. The predicted molar refractivity (Wildman–Crippen MR) is 57.3 cm³/mol. The molecule has 0 heteroatoms. The first-order chi connectivity index (χ1) is 5.74. The van der Waals surface area contributed by atoms with Crippen molar-refractivity contribution in [2.45, 2.75) is 53.4 Å². The van der Waals surface area contributed by atoms with Crippen molar-refractivity contribution in [3.63, 3.8) is 0 Å². The van der Waals surface area contributed by atoms with E-state index in [2.05, 4.69) is 39.8 Å². The molecule has 0 aliphatic carbocycles. The topological polar surface area (TPSA) is 0 Å². The van der Waals surface area contributed by atoms with Crippen molar-refractivity contribution in [3.8, 4) is 0 Å². The van der Waals surface area contributed by atoms with Crippen LogP contribution in [0.15, 0.2) is 12.2 Å². The summed E-state index contributed by atoms with van der Waals surface area (Å²) >= 11 is 0. The number of rotatable bonds is 6. The van der Waals surface area contributed by atoms with Gasteiger partial charge in [0.2, 0.25) is 0 Å². The molecule has 0 aliphatic rings. The Morgan fingerprint density at radius 3 is 2.33 bits per heavy atom. The molecule has 2 unspecified atom stereocenters. The predicted octanol–water partition coefficient (Wildman–Crippen LogP) is 4.42. The minimum atomic E-state index is 0.829. The summed E-state index contributed by atoms with van der Waals surface area (Å²) in [6.45, 7) is 9.03. The number of allylic oxidation sites excluding steroid dienone is 2. The summed E-state index contributed by atoms with van der Waals surface area (Å²) < 4.78 is 0. The Morgan fingerprint density at radius 2 is 1.92 bits per heavy atom. The van der Waals surface area contributed by atoms with E-state index in [1.54, 1.807) is 0 Å². The van der Waals surface area contributed by atoms with E-state index in [4.69, 9.17) is 0 Å². The monoisotopic (exact) mass is 168 g/mol. The maximum absolute atomic E-state index is 2.37. The average Bonchev–Trinajstić information content (AvgIpc) is 2.05. The summed E-state index contributed by atoms with van der Waals surface area (Å²) in [5.74, 6) is 1.72. The summed E-state index contributed by atoms with van der Waals surface area (Å²) in [6.07, 6.45) is 9.92. The Bertz CT molecular complexity index is 113. The Labute approximate surface area is 78.1 Å². The molecule has 0 aromatic carbocycles. The first-order valence-electron chi connectivity index (χ1n) is 5.37. The second-order valence-corrected chi connectivity index (χ2v) is 3.82. The molecule has 2 atom stereocenters. The summed E-state index contributed by atoms with van der Waals surface area (Å²) in [5, 5.41) is 0. The maximum Gasteiger partial charge on any atom is -0.0231 e. The summed E-state index contributed by atoms with van der Waals surface area (Å²) in [5.41, 5.74) is 0. The van der Waals surface area contributed by atoms with Gasteiger partial charge in [0.05, 0.1) is 0 Å². The van der Waals surface area contributed by atoms with Crippen molar-refractivity contribution in [2.75, 3.05) is 0 Å². The smallest absolute Gasteiger partial charge is 0.0231 e.